The van der Waals surface area contributed by atoms with E-state index in [1.165, 1.54) is 5.56 Å². The Morgan fingerprint density at radius 2 is 1.88 bits per heavy atom. The zero-order valence-electron chi connectivity index (χ0n) is 9.54. The van der Waals surface area contributed by atoms with E-state index < -0.39 is 0 Å². The molecule has 0 saturated carbocycles. The van der Waals surface area contributed by atoms with Crippen LogP contribution in [0, 0.1) is 0 Å². The summed E-state index contributed by atoms with van der Waals surface area (Å²) in [7, 11) is 0. The summed E-state index contributed by atoms with van der Waals surface area (Å²) in [5, 5.41) is 9.19. The van der Waals surface area contributed by atoms with Gasteiger partial charge in [0.25, 0.3) is 0 Å². The number of rotatable bonds is 5. The van der Waals surface area contributed by atoms with Crippen molar-refractivity contribution in [3.05, 3.63) is 59.4 Å². The van der Waals surface area contributed by atoms with Crippen LogP contribution in [0.2, 0.25) is 0 Å². The number of aromatic nitrogens is 1. The maximum atomic E-state index is 10.9. The highest BCUT2D eigenvalue weighted by molar-refractivity contribution is 5.72. The molecule has 88 valence electrons. The average molecular weight is 229 g/mol. The number of carbonyl (C=O) groups excluding carboxylic acids is 1. The molecule has 0 bridgehead atoms. The number of nitrogens with zero attached hydrogens (tertiary/aromatic N) is 1. The molecule has 0 amide bonds. The van der Waals surface area contributed by atoms with Crippen LogP contribution >= 0.6 is 0 Å². The Bertz CT molecular complexity index is 488. The molecule has 0 atom stereocenters. The van der Waals surface area contributed by atoms with Gasteiger partial charge in [-0.25, -0.2) is 0 Å². The van der Waals surface area contributed by atoms with Crippen LogP contribution in [0.25, 0.3) is 0 Å². The molecule has 3 nitrogen and oxygen atoms in total. The summed E-state index contributed by atoms with van der Waals surface area (Å²) in [6, 6.07) is 13.6. The number of benzene rings is 1. The number of carbonyl (C=O) groups is 1. The molecule has 2 rings (SSSR count). The van der Waals surface area contributed by atoms with Crippen LogP contribution in [0.1, 0.15) is 21.7 Å². The fourth-order valence-corrected chi connectivity index (χ4v) is 1.93. The predicted octanol–water partition coefficient (Wildman–Crippen LogP) is 2.04. The Hall–Kier alpha value is -1.87. The summed E-state index contributed by atoms with van der Waals surface area (Å²) in [5.74, 6) is 0. The normalized spacial score (nSPS) is 10.4. The molecule has 1 aromatic heterocycles. The van der Waals surface area contributed by atoms with Crippen molar-refractivity contribution in [2.45, 2.75) is 19.6 Å². The third kappa shape index (κ3) is 2.63. The third-order valence-electron chi connectivity index (χ3n) is 2.85. The largest absolute Gasteiger partial charge is 0.390 e. The molecule has 0 aliphatic rings. The van der Waals surface area contributed by atoms with E-state index >= 15 is 0 Å². The van der Waals surface area contributed by atoms with Gasteiger partial charge in [0.05, 0.1) is 12.3 Å². The van der Waals surface area contributed by atoms with Crippen LogP contribution in [0.5, 0.6) is 0 Å². The summed E-state index contributed by atoms with van der Waals surface area (Å²) in [6.07, 6.45) is 1.67. The molecule has 0 fully saturated rings. The highest BCUT2D eigenvalue weighted by atomic mass is 16.3. The monoisotopic (exact) mass is 229 g/mol. The standard InChI is InChI=1S/C14H15NO2/c16-10-13-6-7-14(11-17)15(13)9-8-12-4-2-1-3-5-12/h1-7,10,17H,8-9,11H2. The van der Waals surface area contributed by atoms with Crippen molar-refractivity contribution in [2.24, 2.45) is 0 Å². The Morgan fingerprint density at radius 3 is 2.53 bits per heavy atom. The molecule has 1 N–H and O–H groups in total. The molecule has 1 heterocycles. The molecule has 0 unspecified atom stereocenters. The SMILES string of the molecule is O=Cc1ccc(CO)n1CCc1ccccc1. The lowest BCUT2D eigenvalue weighted by Crippen LogP contribution is -2.08. The zero-order chi connectivity index (χ0) is 12.1. The maximum Gasteiger partial charge on any atom is 0.166 e. The van der Waals surface area contributed by atoms with E-state index in [0.717, 1.165) is 18.4 Å². The topological polar surface area (TPSA) is 42.2 Å². The van der Waals surface area contributed by atoms with E-state index in [1.807, 2.05) is 22.8 Å². The summed E-state index contributed by atoms with van der Waals surface area (Å²) in [5.41, 5.74) is 2.62. The van der Waals surface area contributed by atoms with Gasteiger partial charge in [-0.15, -0.1) is 0 Å². The molecule has 1 aromatic carbocycles. The first kappa shape index (κ1) is 11.6. The van der Waals surface area contributed by atoms with E-state index in [0.29, 0.717) is 12.2 Å². The summed E-state index contributed by atoms with van der Waals surface area (Å²) < 4.78 is 1.86. The third-order valence-corrected chi connectivity index (χ3v) is 2.85. The highest BCUT2D eigenvalue weighted by Crippen LogP contribution is 2.10. The first-order chi connectivity index (χ1) is 8.35. The van der Waals surface area contributed by atoms with E-state index in [-0.39, 0.29) is 6.61 Å². The van der Waals surface area contributed by atoms with E-state index in [2.05, 4.69) is 12.1 Å². The van der Waals surface area contributed by atoms with Gasteiger partial charge in [-0.1, -0.05) is 30.3 Å². The Morgan fingerprint density at radius 1 is 1.12 bits per heavy atom. The van der Waals surface area contributed by atoms with E-state index in [4.69, 9.17) is 0 Å². The second-order valence-electron chi connectivity index (χ2n) is 3.91. The van der Waals surface area contributed by atoms with Crippen LogP contribution < -0.4 is 0 Å². The van der Waals surface area contributed by atoms with E-state index in [9.17, 15) is 9.90 Å². The molecule has 2 aromatic rings. The van der Waals surface area contributed by atoms with E-state index in [1.54, 1.807) is 12.1 Å². The molecule has 0 saturated heterocycles. The summed E-state index contributed by atoms with van der Waals surface area (Å²) >= 11 is 0. The quantitative estimate of drug-likeness (QED) is 0.797. The molecule has 0 radical (unpaired) electrons. The van der Waals surface area contributed by atoms with Crippen molar-refractivity contribution < 1.29 is 9.90 Å². The van der Waals surface area contributed by atoms with Gasteiger partial charge < -0.3 is 9.67 Å². The lowest BCUT2D eigenvalue weighted by Gasteiger charge is -2.09. The molecule has 17 heavy (non-hydrogen) atoms. The maximum absolute atomic E-state index is 10.9. The average Bonchev–Trinajstić information content (AvgIpc) is 2.79. The van der Waals surface area contributed by atoms with Crippen molar-refractivity contribution in [2.75, 3.05) is 0 Å². The number of aliphatic hydroxyl groups excluding tert-OH is 1. The number of hydrogen-bond acceptors (Lipinski definition) is 2. The van der Waals surface area contributed by atoms with Crippen LogP contribution in [-0.4, -0.2) is 16.0 Å². The molecule has 0 spiro atoms. The number of aryl methyl sites for hydroxylation is 1. The molecular weight excluding hydrogens is 214 g/mol. The van der Waals surface area contributed by atoms with Crippen molar-refractivity contribution in [1.82, 2.24) is 4.57 Å². The highest BCUT2D eigenvalue weighted by Gasteiger charge is 2.06. The summed E-state index contributed by atoms with van der Waals surface area (Å²) in [6.45, 7) is 0.670. The number of aldehydes is 1. The fourth-order valence-electron chi connectivity index (χ4n) is 1.93. The molecular formula is C14H15NO2. The first-order valence-electron chi connectivity index (χ1n) is 5.63. The smallest absolute Gasteiger partial charge is 0.166 e. The van der Waals surface area contributed by atoms with Gasteiger partial charge in [0.15, 0.2) is 6.29 Å². The van der Waals surface area contributed by atoms with Gasteiger partial charge in [0.2, 0.25) is 0 Å². The Kier molecular flexibility index (Phi) is 3.73. The van der Waals surface area contributed by atoms with Crippen molar-refractivity contribution >= 4 is 6.29 Å². The van der Waals surface area contributed by atoms with Crippen molar-refractivity contribution in [3.8, 4) is 0 Å². The summed E-state index contributed by atoms with van der Waals surface area (Å²) in [4.78, 5) is 10.9. The van der Waals surface area contributed by atoms with Gasteiger partial charge >= 0.3 is 0 Å². The molecule has 0 aliphatic carbocycles. The number of aliphatic hydroxyl groups is 1. The predicted molar refractivity (Wildman–Crippen MR) is 65.9 cm³/mol. The first-order valence-corrected chi connectivity index (χ1v) is 5.63. The minimum Gasteiger partial charge on any atom is -0.390 e. The minimum absolute atomic E-state index is 0.0391. The van der Waals surface area contributed by atoms with Crippen molar-refractivity contribution in [1.29, 1.82) is 0 Å². The number of hydrogen-bond donors (Lipinski definition) is 1. The lowest BCUT2D eigenvalue weighted by molar-refractivity contribution is 0.111. The zero-order valence-corrected chi connectivity index (χ0v) is 9.54. The van der Waals surface area contributed by atoms with Gasteiger partial charge in [0.1, 0.15) is 0 Å². The molecule has 0 aliphatic heterocycles. The van der Waals surface area contributed by atoms with Crippen LogP contribution in [0.4, 0.5) is 0 Å². The van der Waals surface area contributed by atoms with Gasteiger partial charge in [-0.3, -0.25) is 4.79 Å². The fraction of sp³-hybridized carbons (Fsp3) is 0.214. The van der Waals surface area contributed by atoms with Crippen LogP contribution in [0.3, 0.4) is 0 Å². The minimum atomic E-state index is -0.0391. The van der Waals surface area contributed by atoms with Gasteiger partial charge in [-0.05, 0) is 24.1 Å². The van der Waals surface area contributed by atoms with Crippen LogP contribution in [-0.2, 0) is 19.6 Å². The second-order valence-corrected chi connectivity index (χ2v) is 3.91. The van der Waals surface area contributed by atoms with Crippen molar-refractivity contribution in [3.63, 3.8) is 0 Å². The Labute approximate surface area is 100 Å². The molecule has 3 heteroatoms. The van der Waals surface area contributed by atoms with Crippen LogP contribution in [0.15, 0.2) is 42.5 Å². The second kappa shape index (κ2) is 5.46. The van der Waals surface area contributed by atoms with Gasteiger partial charge in [0, 0.05) is 12.2 Å². The van der Waals surface area contributed by atoms with Gasteiger partial charge in [-0.2, -0.15) is 0 Å². The lowest BCUT2D eigenvalue weighted by atomic mass is 10.1. The Balaban J connectivity index is 2.13.